The summed E-state index contributed by atoms with van der Waals surface area (Å²) in [4.78, 5) is 22.4. The number of carbonyl (C=O) groups is 2. The molecule has 0 aromatic rings. The Hall–Kier alpha value is -1.15. The summed E-state index contributed by atoms with van der Waals surface area (Å²) in [5, 5.41) is 11.1. The lowest BCUT2D eigenvalue weighted by Crippen LogP contribution is -2.48. The van der Waals surface area contributed by atoms with Crippen LogP contribution in [0.2, 0.25) is 0 Å². The van der Waals surface area contributed by atoms with Gasteiger partial charge in [0, 0.05) is 13.1 Å². The van der Waals surface area contributed by atoms with Gasteiger partial charge in [0.15, 0.2) is 0 Å². The van der Waals surface area contributed by atoms with E-state index in [1.54, 1.807) is 0 Å². The van der Waals surface area contributed by atoms with Crippen molar-refractivity contribution in [1.29, 1.82) is 0 Å². The Morgan fingerprint density at radius 3 is 2.56 bits per heavy atom. The summed E-state index contributed by atoms with van der Waals surface area (Å²) in [5.41, 5.74) is 0. The van der Waals surface area contributed by atoms with Crippen molar-refractivity contribution in [1.82, 2.24) is 9.62 Å². The molecular weight excluding hydrogens is 260 g/mol. The highest BCUT2D eigenvalue weighted by molar-refractivity contribution is 7.88. The van der Waals surface area contributed by atoms with Crippen molar-refractivity contribution < 1.29 is 23.1 Å². The van der Waals surface area contributed by atoms with Crippen molar-refractivity contribution >= 4 is 21.9 Å². The zero-order chi connectivity index (χ0) is 13.9. The Morgan fingerprint density at radius 1 is 1.44 bits per heavy atom. The first kappa shape index (κ1) is 14.9. The van der Waals surface area contributed by atoms with E-state index < -0.39 is 33.9 Å². The van der Waals surface area contributed by atoms with E-state index in [1.165, 1.54) is 11.2 Å². The van der Waals surface area contributed by atoms with Crippen molar-refractivity contribution in [3.05, 3.63) is 0 Å². The smallest absolute Gasteiger partial charge is 0.325 e. The van der Waals surface area contributed by atoms with Crippen molar-refractivity contribution in [3.63, 3.8) is 0 Å². The fraction of sp³-hybridized carbons (Fsp3) is 0.800. The van der Waals surface area contributed by atoms with Gasteiger partial charge < -0.3 is 10.4 Å². The van der Waals surface area contributed by atoms with Gasteiger partial charge in [0.1, 0.15) is 6.04 Å². The summed E-state index contributed by atoms with van der Waals surface area (Å²) in [6.45, 7) is 1.91. The van der Waals surface area contributed by atoms with E-state index in [0.717, 1.165) is 6.26 Å². The molecule has 0 aliphatic carbocycles. The van der Waals surface area contributed by atoms with E-state index in [1.807, 2.05) is 0 Å². The average Bonchev–Trinajstić information content (AvgIpc) is 2.27. The van der Waals surface area contributed by atoms with Crippen LogP contribution in [0.5, 0.6) is 0 Å². The SMILES string of the molecule is C[C@@H](NC(=O)C1CCCN(S(C)(=O)=O)C1)C(=O)O. The molecule has 18 heavy (non-hydrogen) atoms. The van der Waals surface area contributed by atoms with Crippen molar-refractivity contribution in [2.24, 2.45) is 5.92 Å². The minimum atomic E-state index is -3.30. The van der Waals surface area contributed by atoms with Crippen molar-refractivity contribution in [3.8, 4) is 0 Å². The number of hydrogen-bond donors (Lipinski definition) is 2. The molecule has 0 radical (unpaired) electrons. The van der Waals surface area contributed by atoms with Gasteiger partial charge in [0.25, 0.3) is 0 Å². The van der Waals surface area contributed by atoms with Crippen LogP contribution in [-0.4, -0.2) is 55.1 Å². The lowest BCUT2D eigenvalue weighted by Gasteiger charge is -2.30. The molecule has 1 amide bonds. The lowest BCUT2D eigenvalue weighted by atomic mass is 9.98. The van der Waals surface area contributed by atoms with Gasteiger partial charge in [0.2, 0.25) is 15.9 Å². The summed E-state index contributed by atoms with van der Waals surface area (Å²) in [7, 11) is -3.30. The molecule has 7 nitrogen and oxygen atoms in total. The first-order valence-corrected chi connectivity index (χ1v) is 7.55. The van der Waals surface area contributed by atoms with Crippen LogP contribution >= 0.6 is 0 Å². The predicted molar refractivity (Wildman–Crippen MR) is 64.4 cm³/mol. The maximum Gasteiger partial charge on any atom is 0.325 e. The molecule has 0 aromatic heterocycles. The highest BCUT2D eigenvalue weighted by Gasteiger charge is 2.31. The monoisotopic (exact) mass is 278 g/mol. The van der Waals surface area contributed by atoms with Crippen LogP contribution in [0.15, 0.2) is 0 Å². The molecule has 0 saturated carbocycles. The van der Waals surface area contributed by atoms with Crippen molar-refractivity contribution in [2.45, 2.75) is 25.8 Å². The number of nitrogens with one attached hydrogen (secondary N) is 1. The molecule has 104 valence electrons. The van der Waals surface area contributed by atoms with E-state index in [2.05, 4.69) is 5.32 Å². The molecule has 1 rings (SSSR count). The van der Waals surface area contributed by atoms with Crippen LogP contribution in [0.3, 0.4) is 0 Å². The highest BCUT2D eigenvalue weighted by Crippen LogP contribution is 2.18. The molecule has 2 N–H and O–H groups in total. The van der Waals surface area contributed by atoms with Gasteiger partial charge in [-0.3, -0.25) is 9.59 Å². The molecule has 1 fully saturated rings. The van der Waals surface area contributed by atoms with Gasteiger partial charge in [-0.15, -0.1) is 0 Å². The first-order valence-electron chi connectivity index (χ1n) is 5.70. The molecule has 0 aromatic carbocycles. The number of rotatable bonds is 4. The van der Waals surface area contributed by atoms with Crippen LogP contribution in [0, 0.1) is 5.92 Å². The second-order valence-electron chi connectivity index (χ2n) is 4.53. The van der Waals surface area contributed by atoms with Crippen LogP contribution in [0.25, 0.3) is 0 Å². The second-order valence-corrected chi connectivity index (χ2v) is 6.51. The Bertz CT molecular complexity index is 434. The van der Waals surface area contributed by atoms with E-state index in [9.17, 15) is 18.0 Å². The Balaban J connectivity index is 2.62. The van der Waals surface area contributed by atoms with Gasteiger partial charge in [-0.05, 0) is 19.8 Å². The fourth-order valence-corrected chi connectivity index (χ4v) is 2.76. The van der Waals surface area contributed by atoms with Gasteiger partial charge in [-0.1, -0.05) is 0 Å². The fourth-order valence-electron chi connectivity index (χ4n) is 1.85. The Kier molecular flexibility index (Phi) is 4.69. The number of amides is 1. The minimum Gasteiger partial charge on any atom is -0.480 e. The standard InChI is InChI=1S/C10H18N2O5S/c1-7(10(14)15)11-9(13)8-4-3-5-12(6-8)18(2,16)17/h7-8H,3-6H2,1-2H3,(H,11,13)(H,14,15)/t7-,8?/m1/s1. The van der Waals surface area contributed by atoms with E-state index in [0.29, 0.717) is 19.4 Å². The molecule has 1 unspecified atom stereocenters. The molecule has 1 heterocycles. The third-order valence-electron chi connectivity index (χ3n) is 2.95. The van der Waals surface area contributed by atoms with Crippen molar-refractivity contribution in [2.75, 3.05) is 19.3 Å². The van der Waals surface area contributed by atoms with Gasteiger partial charge in [0.05, 0.1) is 12.2 Å². The summed E-state index contributed by atoms with van der Waals surface area (Å²) in [6.07, 6.45) is 2.28. The number of carboxylic acids is 1. The second kappa shape index (κ2) is 5.66. The summed E-state index contributed by atoms with van der Waals surface area (Å²) in [5.74, 6) is -1.99. The Morgan fingerprint density at radius 2 is 2.06 bits per heavy atom. The van der Waals surface area contributed by atoms with E-state index in [4.69, 9.17) is 5.11 Å². The Labute approximate surface area is 106 Å². The topological polar surface area (TPSA) is 104 Å². The third-order valence-corrected chi connectivity index (χ3v) is 4.22. The lowest BCUT2D eigenvalue weighted by molar-refractivity contribution is -0.142. The largest absolute Gasteiger partial charge is 0.480 e. The molecule has 1 aliphatic heterocycles. The molecule has 1 aliphatic rings. The third kappa shape index (κ3) is 3.95. The summed E-state index contributed by atoms with van der Waals surface area (Å²) in [6, 6.07) is -0.967. The summed E-state index contributed by atoms with van der Waals surface area (Å²) >= 11 is 0. The zero-order valence-electron chi connectivity index (χ0n) is 10.4. The van der Waals surface area contributed by atoms with Crippen LogP contribution in [0.1, 0.15) is 19.8 Å². The van der Waals surface area contributed by atoms with E-state index in [-0.39, 0.29) is 6.54 Å². The average molecular weight is 278 g/mol. The number of carbonyl (C=O) groups excluding carboxylic acids is 1. The molecule has 1 saturated heterocycles. The van der Waals surface area contributed by atoms with Gasteiger partial charge in [-0.2, -0.15) is 0 Å². The number of nitrogens with zero attached hydrogens (tertiary/aromatic N) is 1. The molecule has 0 bridgehead atoms. The minimum absolute atomic E-state index is 0.122. The number of sulfonamides is 1. The molecule has 8 heteroatoms. The highest BCUT2D eigenvalue weighted by atomic mass is 32.2. The van der Waals surface area contributed by atoms with Crippen LogP contribution < -0.4 is 5.32 Å². The molecule has 2 atom stereocenters. The van der Waals surface area contributed by atoms with E-state index >= 15 is 0 Å². The number of piperidine rings is 1. The number of hydrogen-bond acceptors (Lipinski definition) is 4. The van der Waals surface area contributed by atoms with Crippen LogP contribution in [-0.2, 0) is 19.6 Å². The quantitative estimate of drug-likeness (QED) is 0.704. The maximum absolute atomic E-state index is 11.8. The molecular formula is C10H18N2O5S. The zero-order valence-corrected chi connectivity index (χ0v) is 11.2. The number of carboxylic acid groups (broad SMARTS) is 1. The van der Waals surface area contributed by atoms with Gasteiger partial charge in [-0.25, -0.2) is 12.7 Å². The van der Waals surface area contributed by atoms with Crippen LogP contribution in [0.4, 0.5) is 0 Å². The molecule has 0 spiro atoms. The maximum atomic E-state index is 11.8. The normalized spacial score (nSPS) is 23.3. The first-order chi connectivity index (χ1) is 8.21. The summed E-state index contributed by atoms with van der Waals surface area (Å²) < 4.78 is 24.0. The number of aliphatic carboxylic acids is 1. The predicted octanol–water partition coefficient (Wildman–Crippen LogP) is -0.753. The van der Waals surface area contributed by atoms with Gasteiger partial charge >= 0.3 is 5.97 Å².